The largest absolute Gasteiger partial charge is 0.494 e. The van der Waals surface area contributed by atoms with Crippen LogP contribution in [-0.2, 0) is 32.6 Å². The molecular formula is C35H38BrN3O5S2. The van der Waals surface area contributed by atoms with Crippen molar-refractivity contribution in [3.05, 3.63) is 119 Å². The molecule has 0 spiro atoms. The lowest BCUT2D eigenvalue weighted by Gasteiger charge is -2.34. The monoisotopic (exact) mass is 723 g/mol. The van der Waals surface area contributed by atoms with Crippen LogP contribution in [0.5, 0.6) is 5.75 Å². The fourth-order valence-electron chi connectivity index (χ4n) is 4.96. The second-order valence-electron chi connectivity index (χ2n) is 10.4. The van der Waals surface area contributed by atoms with Crippen LogP contribution < -0.4 is 14.4 Å². The summed E-state index contributed by atoms with van der Waals surface area (Å²) in [5.74, 6) is -0.266. The summed E-state index contributed by atoms with van der Waals surface area (Å²) in [6, 6.07) is 29.2. The van der Waals surface area contributed by atoms with E-state index in [0.29, 0.717) is 24.6 Å². The summed E-state index contributed by atoms with van der Waals surface area (Å²) < 4.78 is 36.0. The van der Waals surface area contributed by atoms with Crippen LogP contribution in [0.15, 0.2) is 117 Å². The zero-order valence-electron chi connectivity index (χ0n) is 26.1. The Morgan fingerprint density at radius 2 is 1.57 bits per heavy atom. The summed E-state index contributed by atoms with van der Waals surface area (Å²) in [5, 5.41) is 2.88. The summed E-state index contributed by atoms with van der Waals surface area (Å²) in [7, 11) is -4.20. The topological polar surface area (TPSA) is 96.0 Å². The van der Waals surface area contributed by atoms with Crippen LogP contribution in [-0.4, -0.2) is 57.1 Å². The van der Waals surface area contributed by atoms with Gasteiger partial charge in [-0.2, -0.15) is 0 Å². The van der Waals surface area contributed by atoms with Crippen LogP contribution in [0.3, 0.4) is 0 Å². The lowest BCUT2D eigenvalue weighted by Crippen LogP contribution is -2.53. The minimum atomic E-state index is -4.20. The second kappa shape index (κ2) is 16.7. The number of halogens is 1. The molecule has 0 aromatic heterocycles. The van der Waals surface area contributed by atoms with Gasteiger partial charge in [-0.3, -0.25) is 13.9 Å². The minimum Gasteiger partial charge on any atom is -0.494 e. The molecule has 46 heavy (non-hydrogen) atoms. The van der Waals surface area contributed by atoms with Gasteiger partial charge in [0.15, 0.2) is 0 Å². The number of sulfonamides is 1. The van der Waals surface area contributed by atoms with Gasteiger partial charge in [0.25, 0.3) is 10.0 Å². The Hall–Kier alpha value is -3.80. The highest BCUT2D eigenvalue weighted by Gasteiger charge is 2.34. The Morgan fingerprint density at radius 3 is 2.17 bits per heavy atom. The summed E-state index contributed by atoms with van der Waals surface area (Å²) in [6.07, 6.45) is 2.16. The van der Waals surface area contributed by atoms with E-state index >= 15 is 0 Å². The fraction of sp³-hybridized carbons (Fsp3) is 0.257. The van der Waals surface area contributed by atoms with Gasteiger partial charge >= 0.3 is 0 Å². The van der Waals surface area contributed by atoms with Crippen LogP contribution in [0, 0.1) is 0 Å². The number of thioether (sulfide) groups is 1. The van der Waals surface area contributed by atoms with E-state index in [0.717, 1.165) is 24.8 Å². The molecule has 1 atom stereocenters. The van der Waals surface area contributed by atoms with Crippen LogP contribution in [0.25, 0.3) is 0 Å². The molecule has 0 saturated carbocycles. The van der Waals surface area contributed by atoms with Gasteiger partial charge < -0.3 is 15.0 Å². The first kappa shape index (κ1) is 35.1. The lowest BCUT2D eigenvalue weighted by atomic mass is 10.0. The number of carbonyl (C=O) groups excluding carboxylic acids is 2. The molecule has 0 aliphatic rings. The van der Waals surface area contributed by atoms with Gasteiger partial charge in [0, 0.05) is 28.9 Å². The number of ether oxygens (including phenoxy) is 1. The number of nitrogens with zero attached hydrogens (tertiary/aromatic N) is 2. The molecule has 0 aliphatic carbocycles. The van der Waals surface area contributed by atoms with Crippen molar-refractivity contribution in [1.82, 2.24) is 10.2 Å². The van der Waals surface area contributed by atoms with E-state index in [1.807, 2.05) is 74.7 Å². The number of amides is 2. The first-order valence-electron chi connectivity index (χ1n) is 14.9. The molecule has 4 aromatic carbocycles. The maximum absolute atomic E-state index is 14.5. The van der Waals surface area contributed by atoms with Crippen molar-refractivity contribution < 1.29 is 22.7 Å². The van der Waals surface area contributed by atoms with Crippen molar-refractivity contribution in [3.63, 3.8) is 0 Å². The van der Waals surface area contributed by atoms with Crippen molar-refractivity contribution in [2.75, 3.05) is 30.3 Å². The summed E-state index contributed by atoms with van der Waals surface area (Å²) in [6.45, 7) is 4.07. The molecule has 4 aromatic rings. The molecule has 0 fully saturated rings. The van der Waals surface area contributed by atoms with Crippen LogP contribution in [0.2, 0.25) is 0 Å². The van der Waals surface area contributed by atoms with Gasteiger partial charge in [-0.1, -0.05) is 58.4 Å². The normalized spacial score (nSPS) is 11.8. The Bertz CT molecular complexity index is 1700. The number of hydrogen-bond donors (Lipinski definition) is 1. The Kier molecular flexibility index (Phi) is 12.7. The van der Waals surface area contributed by atoms with Gasteiger partial charge in [-0.25, -0.2) is 8.42 Å². The molecule has 242 valence electrons. The predicted octanol–water partition coefficient (Wildman–Crippen LogP) is 6.54. The molecule has 2 amide bonds. The standard InChI is InChI=1S/C35H38BrN3O5S2/c1-4-37-35(41)33(23-26-10-7-6-8-11-26)38(24-27-12-9-13-28(36)22-27)34(40)25-39(29-14-16-30(17-15-29)44-5-2)46(42,43)32-20-18-31(45-3)19-21-32/h6-22,33H,4-5,23-25H2,1-3H3,(H,37,41). The third-order valence-corrected chi connectivity index (χ3v) is 10.3. The molecular weight excluding hydrogens is 686 g/mol. The highest BCUT2D eigenvalue weighted by atomic mass is 79.9. The Balaban J connectivity index is 1.79. The van der Waals surface area contributed by atoms with E-state index in [-0.39, 0.29) is 23.8 Å². The second-order valence-corrected chi connectivity index (χ2v) is 14.0. The molecule has 0 saturated heterocycles. The number of anilines is 1. The number of nitrogens with one attached hydrogen (secondary N) is 1. The van der Waals surface area contributed by atoms with E-state index < -0.39 is 28.5 Å². The van der Waals surface area contributed by atoms with Crippen LogP contribution in [0.1, 0.15) is 25.0 Å². The SMILES string of the molecule is CCNC(=O)C(Cc1ccccc1)N(Cc1cccc(Br)c1)C(=O)CN(c1ccc(OCC)cc1)S(=O)(=O)c1ccc(SC)cc1. The van der Waals surface area contributed by atoms with Gasteiger partial charge in [0.1, 0.15) is 18.3 Å². The van der Waals surface area contributed by atoms with E-state index in [9.17, 15) is 18.0 Å². The first-order valence-corrected chi connectivity index (χ1v) is 18.4. The molecule has 0 aliphatic heterocycles. The molecule has 8 nitrogen and oxygen atoms in total. The van der Waals surface area contributed by atoms with Crippen LogP contribution in [0.4, 0.5) is 5.69 Å². The molecule has 0 radical (unpaired) electrons. The number of likely N-dealkylation sites (N-methyl/N-ethyl adjacent to an activating group) is 1. The maximum Gasteiger partial charge on any atom is 0.264 e. The van der Waals surface area contributed by atoms with Crippen molar-refractivity contribution in [3.8, 4) is 5.75 Å². The first-order chi connectivity index (χ1) is 22.2. The fourth-order valence-corrected chi connectivity index (χ4v) is 7.23. The maximum atomic E-state index is 14.5. The number of hydrogen-bond acceptors (Lipinski definition) is 6. The summed E-state index contributed by atoms with van der Waals surface area (Å²) in [4.78, 5) is 30.6. The highest BCUT2D eigenvalue weighted by molar-refractivity contribution is 9.10. The lowest BCUT2D eigenvalue weighted by molar-refractivity contribution is -0.140. The molecule has 0 bridgehead atoms. The molecule has 0 heterocycles. The number of benzene rings is 4. The average molecular weight is 725 g/mol. The van der Waals surface area contributed by atoms with Crippen molar-refractivity contribution in [1.29, 1.82) is 0 Å². The van der Waals surface area contributed by atoms with Crippen molar-refractivity contribution >= 4 is 55.2 Å². The minimum absolute atomic E-state index is 0.0510. The summed E-state index contributed by atoms with van der Waals surface area (Å²) in [5.41, 5.74) is 1.95. The average Bonchev–Trinajstić information content (AvgIpc) is 3.06. The summed E-state index contributed by atoms with van der Waals surface area (Å²) >= 11 is 5.00. The van der Waals surface area contributed by atoms with Gasteiger partial charge in [0.2, 0.25) is 11.8 Å². The Labute approximate surface area is 284 Å². The van der Waals surface area contributed by atoms with Crippen molar-refractivity contribution in [2.24, 2.45) is 0 Å². The quantitative estimate of drug-likeness (QED) is 0.140. The molecule has 1 N–H and O–H groups in total. The van der Waals surface area contributed by atoms with Gasteiger partial charge in [-0.05, 0) is 91.9 Å². The van der Waals surface area contributed by atoms with E-state index in [4.69, 9.17) is 4.74 Å². The molecule has 11 heteroatoms. The van der Waals surface area contributed by atoms with E-state index in [1.54, 1.807) is 48.5 Å². The third-order valence-electron chi connectivity index (χ3n) is 7.23. The zero-order valence-corrected chi connectivity index (χ0v) is 29.3. The number of rotatable bonds is 15. The van der Waals surface area contributed by atoms with Gasteiger partial charge in [0.05, 0.1) is 17.2 Å². The van der Waals surface area contributed by atoms with Crippen molar-refractivity contribution in [2.45, 2.75) is 42.6 Å². The Morgan fingerprint density at radius 1 is 0.891 bits per heavy atom. The molecule has 4 rings (SSSR count). The van der Waals surface area contributed by atoms with E-state index in [1.165, 1.54) is 16.7 Å². The predicted molar refractivity (Wildman–Crippen MR) is 188 cm³/mol. The number of carbonyl (C=O) groups is 2. The third kappa shape index (κ3) is 9.14. The van der Waals surface area contributed by atoms with E-state index in [2.05, 4.69) is 21.2 Å². The zero-order chi connectivity index (χ0) is 33.1. The van der Waals surface area contributed by atoms with Gasteiger partial charge in [-0.15, -0.1) is 11.8 Å². The highest BCUT2D eigenvalue weighted by Crippen LogP contribution is 2.28. The smallest absolute Gasteiger partial charge is 0.264 e. The van der Waals surface area contributed by atoms with Crippen LogP contribution >= 0.6 is 27.7 Å². The molecule has 1 unspecified atom stereocenters.